The molecule has 1 aromatic heterocycles. The van der Waals surface area contributed by atoms with Gasteiger partial charge in [-0.15, -0.1) is 0 Å². The van der Waals surface area contributed by atoms with Crippen molar-refractivity contribution in [2.75, 3.05) is 34.0 Å². The molecule has 2 N–H and O–H groups in total. The van der Waals surface area contributed by atoms with E-state index in [9.17, 15) is 9.90 Å². The summed E-state index contributed by atoms with van der Waals surface area (Å²) in [5.41, 5.74) is 1.10. The second-order valence-corrected chi connectivity index (χ2v) is 6.17. The van der Waals surface area contributed by atoms with Gasteiger partial charge in [0.2, 0.25) is 0 Å². The Morgan fingerprint density at radius 2 is 2.16 bits per heavy atom. The van der Waals surface area contributed by atoms with Crippen LogP contribution in [0.15, 0.2) is 22.6 Å². The maximum atomic E-state index is 12.7. The van der Waals surface area contributed by atoms with Crippen molar-refractivity contribution in [2.24, 2.45) is 5.92 Å². The molecule has 2 heterocycles. The zero-order valence-electron chi connectivity index (χ0n) is 14.6. The van der Waals surface area contributed by atoms with Gasteiger partial charge in [0, 0.05) is 25.0 Å². The summed E-state index contributed by atoms with van der Waals surface area (Å²) in [4.78, 5) is 12.7. The summed E-state index contributed by atoms with van der Waals surface area (Å²) in [6.07, 6.45) is -1.06. The maximum absolute atomic E-state index is 12.7. The molecule has 7 heteroatoms. The van der Waals surface area contributed by atoms with E-state index < -0.39 is 6.10 Å². The summed E-state index contributed by atoms with van der Waals surface area (Å²) in [6, 6.07) is 5.34. The van der Waals surface area contributed by atoms with Crippen LogP contribution in [0.5, 0.6) is 5.75 Å². The first-order valence-corrected chi connectivity index (χ1v) is 8.19. The molecule has 0 bridgehead atoms. The number of amides is 1. The number of hydrogen-bond acceptors (Lipinski definition) is 6. The number of hydrogen-bond donors (Lipinski definition) is 2. The molecule has 0 spiro atoms. The number of furan rings is 1. The number of aliphatic hydroxyl groups is 1. The maximum Gasteiger partial charge on any atom is 0.255 e. The van der Waals surface area contributed by atoms with Gasteiger partial charge in [0.1, 0.15) is 23.2 Å². The van der Waals surface area contributed by atoms with E-state index in [1.54, 1.807) is 32.2 Å². The molecule has 1 aromatic carbocycles. The van der Waals surface area contributed by atoms with Crippen LogP contribution in [0.25, 0.3) is 11.0 Å². The van der Waals surface area contributed by atoms with E-state index in [0.717, 1.165) is 0 Å². The molecule has 1 aliphatic heterocycles. The lowest BCUT2D eigenvalue weighted by Crippen LogP contribution is -2.49. The molecule has 136 valence electrons. The molecular formula is C18H23NO6. The predicted molar refractivity (Wildman–Crippen MR) is 90.9 cm³/mol. The first-order valence-electron chi connectivity index (χ1n) is 8.19. The Labute approximate surface area is 145 Å². The number of rotatable bonds is 5. The fourth-order valence-electron chi connectivity index (χ4n) is 3.14. The summed E-state index contributed by atoms with van der Waals surface area (Å²) in [7, 11) is 3.11. The van der Waals surface area contributed by atoms with Gasteiger partial charge in [-0.1, -0.05) is 0 Å². The second-order valence-electron chi connectivity index (χ2n) is 6.17. The largest absolute Gasteiger partial charge is 0.497 e. The zero-order chi connectivity index (χ0) is 18.0. The first kappa shape index (κ1) is 17.7. The van der Waals surface area contributed by atoms with Crippen molar-refractivity contribution in [1.29, 1.82) is 0 Å². The SMILES string of the molecule is COc1ccc2oc(C)c(C(=O)NC[C@@H]3COC[C@@H](OC)[C@H]3O)c2c1. The number of methoxy groups -OCH3 is 2. The van der Waals surface area contributed by atoms with Crippen molar-refractivity contribution in [2.45, 2.75) is 19.1 Å². The molecule has 0 unspecified atom stereocenters. The van der Waals surface area contributed by atoms with E-state index in [4.69, 9.17) is 18.6 Å². The molecule has 1 aliphatic rings. The summed E-state index contributed by atoms with van der Waals surface area (Å²) in [5.74, 6) is 0.712. The van der Waals surface area contributed by atoms with Crippen molar-refractivity contribution in [1.82, 2.24) is 5.32 Å². The molecule has 0 saturated carbocycles. The summed E-state index contributed by atoms with van der Waals surface area (Å²) in [6.45, 7) is 2.77. The Hall–Kier alpha value is -2.09. The van der Waals surface area contributed by atoms with Crippen LogP contribution >= 0.6 is 0 Å². The van der Waals surface area contributed by atoms with Crippen molar-refractivity contribution in [3.63, 3.8) is 0 Å². The van der Waals surface area contributed by atoms with Crippen molar-refractivity contribution >= 4 is 16.9 Å². The van der Waals surface area contributed by atoms with Crippen molar-refractivity contribution in [3.05, 3.63) is 29.5 Å². The lowest BCUT2D eigenvalue weighted by atomic mass is 9.96. The molecule has 25 heavy (non-hydrogen) atoms. The minimum absolute atomic E-state index is 0.226. The van der Waals surface area contributed by atoms with E-state index in [1.165, 1.54) is 7.11 Å². The average Bonchev–Trinajstić information content (AvgIpc) is 2.95. The number of carbonyl (C=O) groups excluding carboxylic acids is 1. The van der Waals surface area contributed by atoms with E-state index in [-0.39, 0.29) is 24.5 Å². The van der Waals surface area contributed by atoms with Gasteiger partial charge in [-0.25, -0.2) is 0 Å². The molecule has 0 aliphatic carbocycles. The number of ether oxygens (including phenoxy) is 3. The highest BCUT2D eigenvalue weighted by Crippen LogP contribution is 2.29. The Morgan fingerprint density at radius 3 is 2.88 bits per heavy atom. The minimum Gasteiger partial charge on any atom is -0.497 e. The van der Waals surface area contributed by atoms with Crippen LogP contribution in [0.2, 0.25) is 0 Å². The Kier molecular flexibility index (Phi) is 5.27. The summed E-state index contributed by atoms with van der Waals surface area (Å²) >= 11 is 0. The normalized spacial score (nSPS) is 23.6. The van der Waals surface area contributed by atoms with Crippen LogP contribution in [-0.4, -0.2) is 57.2 Å². The fraction of sp³-hybridized carbons (Fsp3) is 0.500. The molecular weight excluding hydrogens is 326 g/mol. The highest BCUT2D eigenvalue weighted by molar-refractivity contribution is 6.07. The van der Waals surface area contributed by atoms with E-state index in [0.29, 0.717) is 41.3 Å². The number of benzene rings is 1. The van der Waals surface area contributed by atoms with Crippen LogP contribution in [0.1, 0.15) is 16.1 Å². The molecule has 3 rings (SSSR count). The van der Waals surface area contributed by atoms with Crippen LogP contribution in [0.4, 0.5) is 0 Å². The van der Waals surface area contributed by atoms with Gasteiger partial charge in [-0.3, -0.25) is 4.79 Å². The Bertz CT molecular complexity index is 755. The number of aryl methyl sites for hydroxylation is 1. The average molecular weight is 349 g/mol. The van der Waals surface area contributed by atoms with Gasteiger partial charge >= 0.3 is 0 Å². The third kappa shape index (κ3) is 3.49. The van der Waals surface area contributed by atoms with Gasteiger partial charge in [0.25, 0.3) is 5.91 Å². The lowest BCUT2D eigenvalue weighted by Gasteiger charge is -2.33. The third-order valence-corrected chi connectivity index (χ3v) is 4.60. The molecule has 1 amide bonds. The van der Waals surface area contributed by atoms with Crippen molar-refractivity contribution < 1.29 is 28.5 Å². The molecule has 1 fully saturated rings. The van der Waals surface area contributed by atoms with Gasteiger partial charge in [0.05, 0.1) is 32.0 Å². The second kappa shape index (κ2) is 7.43. The van der Waals surface area contributed by atoms with Crippen molar-refractivity contribution in [3.8, 4) is 5.75 Å². The fourth-order valence-corrected chi connectivity index (χ4v) is 3.14. The molecule has 2 aromatic rings. The van der Waals surface area contributed by atoms with Gasteiger partial charge in [-0.2, -0.15) is 0 Å². The summed E-state index contributed by atoms with van der Waals surface area (Å²) in [5, 5.41) is 13.8. The predicted octanol–water partition coefficient (Wildman–Crippen LogP) is 1.50. The summed E-state index contributed by atoms with van der Waals surface area (Å²) < 4.78 is 21.5. The smallest absolute Gasteiger partial charge is 0.255 e. The van der Waals surface area contributed by atoms with Crippen LogP contribution in [0.3, 0.4) is 0 Å². The Balaban J connectivity index is 1.75. The number of fused-ring (bicyclic) bond motifs is 1. The highest BCUT2D eigenvalue weighted by Gasteiger charge is 2.33. The first-order chi connectivity index (χ1) is 12.0. The van der Waals surface area contributed by atoms with E-state index in [1.807, 2.05) is 0 Å². The van der Waals surface area contributed by atoms with E-state index in [2.05, 4.69) is 5.32 Å². The van der Waals surface area contributed by atoms with Crippen LogP contribution in [-0.2, 0) is 9.47 Å². The van der Waals surface area contributed by atoms with E-state index >= 15 is 0 Å². The van der Waals surface area contributed by atoms with Crippen LogP contribution in [0, 0.1) is 12.8 Å². The molecule has 7 nitrogen and oxygen atoms in total. The van der Waals surface area contributed by atoms with Gasteiger partial charge in [0.15, 0.2) is 0 Å². The van der Waals surface area contributed by atoms with Gasteiger partial charge in [-0.05, 0) is 25.1 Å². The molecule has 1 saturated heterocycles. The number of aliphatic hydroxyl groups excluding tert-OH is 1. The van der Waals surface area contributed by atoms with Crippen LogP contribution < -0.4 is 10.1 Å². The topological polar surface area (TPSA) is 90.2 Å². The standard InChI is InChI=1S/C18H23NO6/c1-10-16(13-6-12(22-2)4-5-14(13)25-10)18(21)19-7-11-8-24-9-15(23-3)17(11)20/h4-6,11,15,17,20H,7-9H2,1-3H3,(H,19,21)/t11-,15-,17+/m1/s1. The zero-order valence-corrected chi connectivity index (χ0v) is 14.6. The number of nitrogens with one attached hydrogen (secondary N) is 1. The quantitative estimate of drug-likeness (QED) is 0.850. The Morgan fingerprint density at radius 1 is 1.36 bits per heavy atom. The lowest BCUT2D eigenvalue weighted by molar-refractivity contribution is -0.132. The monoisotopic (exact) mass is 349 g/mol. The third-order valence-electron chi connectivity index (χ3n) is 4.60. The highest BCUT2D eigenvalue weighted by atomic mass is 16.5. The molecule has 3 atom stereocenters. The van der Waals surface area contributed by atoms with Gasteiger partial charge < -0.3 is 29.1 Å². The minimum atomic E-state index is -0.679. The molecule has 0 radical (unpaired) electrons. The number of carbonyl (C=O) groups is 1.